The Bertz CT molecular complexity index is 1200. The first kappa shape index (κ1) is 20.5. The minimum Gasteiger partial charge on any atom is -0.344 e. The first-order chi connectivity index (χ1) is 14.9. The van der Waals surface area contributed by atoms with Crippen molar-refractivity contribution in [3.63, 3.8) is 0 Å². The normalized spacial score (nSPS) is 12.0. The Hall–Kier alpha value is -3.81. The molecule has 0 radical (unpaired) electrons. The van der Waals surface area contributed by atoms with Crippen LogP contribution in [0.25, 0.3) is 17.1 Å². The average Bonchev–Trinajstić information content (AvgIpc) is 3.36. The highest BCUT2D eigenvalue weighted by Crippen LogP contribution is 2.21. The number of nitrogens with one attached hydrogen (secondary N) is 1. The Morgan fingerprint density at radius 2 is 1.84 bits per heavy atom. The van der Waals surface area contributed by atoms with Gasteiger partial charge >= 0.3 is 0 Å². The maximum absolute atomic E-state index is 13.1. The van der Waals surface area contributed by atoms with Crippen molar-refractivity contribution in [2.45, 2.75) is 33.2 Å². The molecule has 2 aromatic heterocycles. The number of amides is 1. The molecule has 0 saturated carbocycles. The van der Waals surface area contributed by atoms with Gasteiger partial charge in [0, 0.05) is 16.8 Å². The van der Waals surface area contributed by atoms with Crippen LogP contribution in [0.3, 0.4) is 0 Å². The second kappa shape index (κ2) is 8.51. The van der Waals surface area contributed by atoms with Gasteiger partial charge in [0.25, 0.3) is 0 Å². The van der Waals surface area contributed by atoms with Crippen LogP contribution < -0.4 is 5.32 Å². The van der Waals surface area contributed by atoms with Gasteiger partial charge in [-0.1, -0.05) is 23.4 Å². The second-order valence-electron chi connectivity index (χ2n) is 7.33. The predicted molar refractivity (Wildman–Crippen MR) is 113 cm³/mol. The largest absolute Gasteiger partial charge is 0.344 e. The molecule has 1 N–H and O–H groups in total. The number of halogens is 1. The zero-order valence-electron chi connectivity index (χ0n) is 17.5. The molecule has 1 unspecified atom stereocenters. The average molecular weight is 419 g/mol. The summed E-state index contributed by atoms with van der Waals surface area (Å²) in [5, 5.41) is 11.4. The van der Waals surface area contributed by atoms with E-state index in [-0.39, 0.29) is 24.0 Å². The molecule has 0 saturated heterocycles. The zero-order valence-corrected chi connectivity index (χ0v) is 17.5. The molecule has 0 aliphatic rings. The number of carbonyl (C=O) groups excluding carboxylic acids is 1. The third kappa shape index (κ3) is 4.37. The monoisotopic (exact) mass is 419 g/mol. The van der Waals surface area contributed by atoms with E-state index >= 15 is 0 Å². The summed E-state index contributed by atoms with van der Waals surface area (Å²) in [6.07, 6.45) is 0.188. The molecule has 0 aliphatic carbocycles. The molecule has 2 heterocycles. The van der Waals surface area contributed by atoms with Gasteiger partial charge in [-0.15, -0.1) is 0 Å². The molecule has 2 aromatic carbocycles. The van der Waals surface area contributed by atoms with Crippen molar-refractivity contribution in [1.82, 2.24) is 25.2 Å². The van der Waals surface area contributed by atoms with Crippen LogP contribution in [-0.2, 0) is 11.2 Å². The molecule has 158 valence electrons. The SMILES string of the molecule is Cc1nn(-c2ccccc2)c(C)c1CC(=O)NC(C)c1nc(-c2ccc(F)cc2)no1. The van der Waals surface area contributed by atoms with Crippen molar-refractivity contribution in [2.24, 2.45) is 0 Å². The van der Waals surface area contributed by atoms with Crippen LogP contribution in [0, 0.1) is 19.7 Å². The van der Waals surface area contributed by atoms with Gasteiger partial charge in [-0.25, -0.2) is 9.07 Å². The van der Waals surface area contributed by atoms with Crippen molar-refractivity contribution in [2.75, 3.05) is 0 Å². The maximum atomic E-state index is 13.1. The van der Waals surface area contributed by atoms with Gasteiger partial charge in [0.05, 0.1) is 17.8 Å². The lowest BCUT2D eigenvalue weighted by Crippen LogP contribution is -2.28. The van der Waals surface area contributed by atoms with Gasteiger partial charge in [0.1, 0.15) is 11.9 Å². The number of carbonyl (C=O) groups is 1. The highest BCUT2D eigenvalue weighted by atomic mass is 19.1. The fourth-order valence-corrected chi connectivity index (χ4v) is 3.39. The van der Waals surface area contributed by atoms with Crippen molar-refractivity contribution in [1.29, 1.82) is 0 Å². The van der Waals surface area contributed by atoms with Crippen LogP contribution in [0.5, 0.6) is 0 Å². The number of hydrogen-bond donors (Lipinski definition) is 1. The topological polar surface area (TPSA) is 85.8 Å². The van der Waals surface area contributed by atoms with Gasteiger partial charge in [-0.05, 0) is 57.2 Å². The van der Waals surface area contributed by atoms with Crippen molar-refractivity contribution in [3.05, 3.63) is 83.3 Å². The molecule has 7 nitrogen and oxygen atoms in total. The smallest absolute Gasteiger partial charge is 0.249 e. The first-order valence-corrected chi connectivity index (χ1v) is 9.92. The quantitative estimate of drug-likeness (QED) is 0.509. The molecule has 8 heteroatoms. The highest BCUT2D eigenvalue weighted by molar-refractivity contribution is 5.79. The van der Waals surface area contributed by atoms with E-state index in [0.29, 0.717) is 11.4 Å². The van der Waals surface area contributed by atoms with E-state index in [0.717, 1.165) is 22.6 Å². The predicted octanol–water partition coefficient (Wildman–Crippen LogP) is 4.10. The Morgan fingerprint density at radius 3 is 2.55 bits per heavy atom. The number of aromatic nitrogens is 4. The lowest BCUT2D eigenvalue weighted by molar-refractivity contribution is -0.121. The summed E-state index contributed by atoms with van der Waals surface area (Å²) in [4.78, 5) is 17.0. The number of nitrogens with zero attached hydrogens (tertiary/aromatic N) is 4. The summed E-state index contributed by atoms with van der Waals surface area (Å²) >= 11 is 0. The molecule has 31 heavy (non-hydrogen) atoms. The van der Waals surface area contributed by atoms with Crippen molar-refractivity contribution in [3.8, 4) is 17.1 Å². The Balaban J connectivity index is 1.45. The van der Waals surface area contributed by atoms with Gasteiger partial charge in [0.15, 0.2) is 0 Å². The van der Waals surface area contributed by atoms with Crippen LogP contribution in [-0.4, -0.2) is 25.8 Å². The van der Waals surface area contributed by atoms with E-state index < -0.39 is 6.04 Å². The molecule has 4 aromatic rings. The Labute approximate surface area is 178 Å². The van der Waals surface area contributed by atoms with E-state index in [9.17, 15) is 9.18 Å². The molecule has 0 fully saturated rings. The third-order valence-corrected chi connectivity index (χ3v) is 5.07. The van der Waals surface area contributed by atoms with E-state index in [1.54, 1.807) is 19.1 Å². The van der Waals surface area contributed by atoms with E-state index in [1.807, 2.05) is 48.9 Å². The molecule has 1 atom stereocenters. The van der Waals surface area contributed by atoms with Gasteiger partial charge in [0.2, 0.25) is 17.6 Å². The zero-order chi connectivity index (χ0) is 22.0. The fraction of sp³-hybridized carbons (Fsp3) is 0.217. The second-order valence-corrected chi connectivity index (χ2v) is 7.33. The summed E-state index contributed by atoms with van der Waals surface area (Å²) in [6, 6.07) is 15.1. The molecule has 4 rings (SSSR count). The lowest BCUT2D eigenvalue weighted by Gasteiger charge is -2.10. The fourth-order valence-electron chi connectivity index (χ4n) is 3.39. The molecule has 0 aliphatic heterocycles. The summed E-state index contributed by atoms with van der Waals surface area (Å²) in [7, 11) is 0. The molecule has 0 bridgehead atoms. The summed E-state index contributed by atoms with van der Waals surface area (Å²) in [5.41, 5.74) is 4.19. The first-order valence-electron chi connectivity index (χ1n) is 9.92. The van der Waals surface area contributed by atoms with Crippen LogP contribution in [0.15, 0.2) is 59.1 Å². The molecular weight excluding hydrogens is 397 g/mol. The summed E-state index contributed by atoms with van der Waals surface area (Å²) in [5.74, 6) is 0.107. The molecule has 1 amide bonds. The third-order valence-electron chi connectivity index (χ3n) is 5.07. The molecule has 0 spiro atoms. The van der Waals surface area contributed by atoms with E-state index in [1.165, 1.54) is 12.1 Å². The highest BCUT2D eigenvalue weighted by Gasteiger charge is 2.20. The van der Waals surface area contributed by atoms with Crippen LogP contribution >= 0.6 is 0 Å². The lowest BCUT2D eigenvalue weighted by atomic mass is 10.1. The van der Waals surface area contributed by atoms with Crippen LogP contribution in [0.4, 0.5) is 4.39 Å². The number of rotatable bonds is 6. The van der Waals surface area contributed by atoms with Crippen LogP contribution in [0.1, 0.15) is 35.8 Å². The Kier molecular flexibility index (Phi) is 5.62. The minimum absolute atomic E-state index is 0.173. The van der Waals surface area contributed by atoms with Gasteiger partial charge in [-0.2, -0.15) is 10.1 Å². The number of para-hydroxylation sites is 1. The maximum Gasteiger partial charge on any atom is 0.249 e. The number of hydrogen-bond acceptors (Lipinski definition) is 5. The molecular formula is C23H22FN5O2. The van der Waals surface area contributed by atoms with Crippen molar-refractivity contribution < 1.29 is 13.7 Å². The van der Waals surface area contributed by atoms with Gasteiger partial charge in [-0.3, -0.25) is 4.79 Å². The Morgan fingerprint density at radius 1 is 1.13 bits per heavy atom. The van der Waals surface area contributed by atoms with Crippen LogP contribution in [0.2, 0.25) is 0 Å². The van der Waals surface area contributed by atoms with Crippen molar-refractivity contribution >= 4 is 5.91 Å². The summed E-state index contributed by atoms with van der Waals surface area (Å²) in [6.45, 7) is 5.62. The number of aryl methyl sites for hydroxylation is 1. The van der Waals surface area contributed by atoms with Gasteiger partial charge < -0.3 is 9.84 Å². The minimum atomic E-state index is -0.473. The summed E-state index contributed by atoms with van der Waals surface area (Å²) < 4.78 is 20.2. The van der Waals surface area contributed by atoms with E-state index in [4.69, 9.17) is 4.52 Å². The van der Waals surface area contributed by atoms with E-state index in [2.05, 4.69) is 20.6 Å². The standard InChI is InChI=1S/C23H22FN5O2/c1-14-20(16(3)29(27-14)19-7-5-4-6-8-19)13-21(30)25-15(2)23-26-22(28-31-23)17-9-11-18(24)12-10-17/h4-12,15H,13H2,1-3H3,(H,25,30). The number of benzene rings is 2.